The fraction of sp³-hybridized carbons (Fsp3) is 0.0833. The van der Waals surface area contributed by atoms with Crippen LogP contribution < -0.4 is 15.1 Å². The van der Waals surface area contributed by atoms with E-state index in [0.29, 0.717) is 44.4 Å². The van der Waals surface area contributed by atoms with Crippen molar-refractivity contribution in [2.24, 2.45) is 4.99 Å². The molecule has 0 aliphatic heterocycles. The van der Waals surface area contributed by atoms with Crippen LogP contribution in [0.1, 0.15) is 10.4 Å². The Morgan fingerprint density at radius 3 is 1.88 bits per heavy atom. The van der Waals surface area contributed by atoms with E-state index in [1.807, 2.05) is 24.3 Å². The van der Waals surface area contributed by atoms with E-state index in [-0.39, 0.29) is 5.62 Å². The SMILES string of the molecule is COc1ccc(-c2nc(=NC(=O)c3ccccc3)n(O)nc2-c2ccc(OC)cc2)cc1. The lowest BCUT2D eigenvalue weighted by Gasteiger charge is -2.11. The third-order valence-electron chi connectivity index (χ3n) is 4.76. The summed E-state index contributed by atoms with van der Waals surface area (Å²) in [7, 11) is 3.17. The number of aromatic nitrogens is 3. The van der Waals surface area contributed by atoms with Crippen LogP contribution in [-0.2, 0) is 0 Å². The topological polar surface area (TPSA) is 98.8 Å². The number of benzene rings is 3. The molecule has 1 amide bonds. The van der Waals surface area contributed by atoms with Gasteiger partial charge in [0, 0.05) is 16.7 Å². The molecule has 1 aromatic heterocycles. The molecule has 1 heterocycles. The van der Waals surface area contributed by atoms with Crippen molar-refractivity contribution in [1.29, 1.82) is 0 Å². The molecule has 32 heavy (non-hydrogen) atoms. The Morgan fingerprint density at radius 2 is 1.34 bits per heavy atom. The maximum absolute atomic E-state index is 12.5. The minimum atomic E-state index is -0.541. The lowest BCUT2D eigenvalue weighted by molar-refractivity contribution is 0.0968. The van der Waals surface area contributed by atoms with Crippen LogP contribution in [0.5, 0.6) is 11.5 Å². The predicted molar refractivity (Wildman–Crippen MR) is 118 cm³/mol. The zero-order valence-corrected chi connectivity index (χ0v) is 17.5. The van der Waals surface area contributed by atoms with E-state index in [1.165, 1.54) is 0 Å². The Bertz CT molecular complexity index is 1300. The molecular formula is C24H20N4O4. The van der Waals surface area contributed by atoms with E-state index in [0.717, 1.165) is 0 Å². The molecule has 0 fully saturated rings. The highest BCUT2D eigenvalue weighted by Crippen LogP contribution is 2.29. The van der Waals surface area contributed by atoms with Crippen molar-refractivity contribution in [2.45, 2.75) is 0 Å². The number of ether oxygens (including phenoxy) is 2. The Kier molecular flexibility index (Phi) is 5.94. The molecule has 0 aliphatic rings. The van der Waals surface area contributed by atoms with Gasteiger partial charge in [0.05, 0.1) is 14.2 Å². The number of hydrogen-bond donors (Lipinski definition) is 1. The second-order valence-corrected chi connectivity index (χ2v) is 6.74. The van der Waals surface area contributed by atoms with Crippen LogP contribution in [0.25, 0.3) is 22.5 Å². The Hall–Kier alpha value is -4.46. The molecule has 0 saturated heterocycles. The van der Waals surface area contributed by atoms with Crippen LogP contribution in [0.4, 0.5) is 0 Å². The van der Waals surface area contributed by atoms with Crippen molar-refractivity contribution in [3.05, 3.63) is 90.0 Å². The lowest BCUT2D eigenvalue weighted by atomic mass is 10.0. The largest absolute Gasteiger partial charge is 0.497 e. The monoisotopic (exact) mass is 428 g/mol. The Balaban J connectivity index is 1.88. The van der Waals surface area contributed by atoms with Crippen LogP contribution in [0.2, 0.25) is 0 Å². The molecule has 0 spiro atoms. The van der Waals surface area contributed by atoms with Gasteiger partial charge >= 0.3 is 0 Å². The maximum atomic E-state index is 12.5. The van der Waals surface area contributed by atoms with E-state index in [2.05, 4.69) is 15.1 Å². The van der Waals surface area contributed by atoms with Gasteiger partial charge in [-0.15, -0.1) is 5.10 Å². The fourth-order valence-corrected chi connectivity index (χ4v) is 3.08. The molecule has 0 atom stereocenters. The number of rotatable bonds is 5. The van der Waals surface area contributed by atoms with Gasteiger partial charge in [0.1, 0.15) is 22.9 Å². The van der Waals surface area contributed by atoms with Gasteiger partial charge in [-0.25, -0.2) is 4.98 Å². The van der Waals surface area contributed by atoms with Gasteiger partial charge in [-0.3, -0.25) is 4.79 Å². The first kappa shape index (κ1) is 20.8. The number of hydrogen-bond acceptors (Lipinski definition) is 6. The van der Waals surface area contributed by atoms with Crippen molar-refractivity contribution in [3.8, 4) is 34.0 Å². The second kappa shape index (κ2) is 9.13. The highest BCUT2D eigenvalue weighted by molar-refractivity contribution is 5.94. The van der Waals surface area contributed by atoms with E-state index >= 15 is 0 Å². The molecule has 8 heteroatoms. The second-order valence-electron chi connectivity index (χ2n) is 6.74. The van der Waals surface area contributed by atoms with E-state index < -0.39 is 5.91 Å². The van der Waals surface area contributed by atoms with Gasteiger partial charge in [0.2, 0.25) is 0 Å². The minimum Gasteiger partial charge on any atom is -0.497 e. The molecule has 0 radical (unpaired) electrons. The number of carbonyl (C=O) groups is 1. The van der Waals surface area contributed by atoms with Crippen LogP contribution in [0.3, 0.4) is 0 Å². The molecule has 0 bridgehead atoms. The van der Waals surface area contributed by atoms with Gasteiger partial charge < -0.3 is 14.7 Å². The van der Waals surface area contributed by atoms with Crippen LogP contribution in [0, 0.1) is 0 Å². The quantitative estimate of drug-likeness (QED) is 0.488. The first-order valence-electron chi connectivity index (χ1n) is 9.72. The van der Waals surface area contributed by atoms with Crippen molar-refractivity contribution < 1.29 is 19.5 Å². The normalized spacial score (nSPS) is 11.2. The minimum absolute atomic E-state index is 0.234. The van der Waals surface area contributed by atoms with Gasteiger partial charge in [0.25, 0.3) is 11.5 Å². The fourth-order valence-electron chi connectivity index (χ4n) is 3.08. The standard InChI is InChI=1S/C24H20N4O4/c1-31-19-12-8-16(9-13-19)21-22(17-10-14-20(32-2)15-11-17)27-28(30)24(25-21)26-23(29)18-6-4-3-5-7-18/h3-15,30H,1-2H3. The van der Waals surface area contributed by atoms with E-state index in [1.54, 1.807) is 68.8 Å². The number of methoxy groups -OCH3 is 2. The molecule has 0 unspecified atom stereocenters. The number of nitrogens with zero attached hydrogens (tertiary/aromatic N) is 4. The highest BCUT2D eigenvalue weighted by Gasteiger charge is 2.15. The Labute approximate surface area is 184 Å². The van der Waals surface area contributed by atoms with Crippen molar-refractivity contribution in [1.82, 2.24) is 14.9 Å². The first-order valence-corrected chi connectivity index (χ1v) is 9.72. The molecule has 160 valence electrons. The van der Waals surface area contributed by atoms with Crippen molar-refractivity contribution in [2.75, 3.05) is 14.2 Å². The van der Waals surface area contributed by atoms with Crippen LogP contribution in [0.15, 0.2) is 83.9 Å². The molecule has 4 rings (SSSR count). The van der Waals surface area contributed by atoms with Gasteiger partial charge in [-0.1, -0.05) is 23.0 Å². The average Bonchev–Trinajstić information content (AvgIpc) is 2.85. The lowest BCUT2D eigenvalue weighted by Crippen LogP contribution is -2.28. The summed E-state index contributed by atoms with van der Waals surface area (Å²) in [6.45, 7) is 0. The predicted octanol–water partition coefficient (Wildman–Crippen LogP) is 3.61. The Morgan fingerprint density at radius 1 is 0.812 bits per heavy atom. The summed E-state index contributed by atoms with van der Waals surface area (Å²) in [5, 5.41) is 14.7. The molecule has 3 aromatic carbocycles. The summed E-state index contributed by atoms with van der Waals surface area (Å²) in [4.78, 5) is 21.5. The maximum Gasteiger partial charge on any atom is 0.288 e. The van der Waals surface area contributed by atoms with Crippen molar-refractivity contribution in [3.63, 3.8) is 0 Å². The average molecular weight is 428 g/mol. The number of carbonyl (C=O) groups excluding carboxylic acids is 1. The zero-order valence-electron chi connectivity index (χ0n) is 17.5. The summed E-state index contributed by atoms with van der Waals surface area (Å²) in [5.74, 6) is 0.829. The number of amides is 1. The third-order valence-corrected chi connectivity index (χ3v) is 4.76. The van der Waals surface area contributed by atoms with Gasteiger partial charge in [-0.2, -0.15) is 4.99 Å². The van der Waals surface area contributed by atoms with Gasteiger partial charge in [0.15, 0.2) is 0 Å². The molecule has 8 nitrogen and oxygen atoms in total. The molecule has 1 N–H and O–H groups in total. The molecular weight excluding hydrogens is 408 g/mol. The molecule has 0 aliphatic carbocycles. The first-order chi connectivity index (χ1) is 15.6. The summed E-state index contributed by atoms with van der Waals surface area (Å²) in [5.41, 5.74) is 2.41. The molecule has 0 saturated carbocycles. The van der Waals surface area contributed by atoms with Crippen molar-refractivity contribution >= 4 is 5.91 Å². The summed E-state index contributed by atoms with van der Waals surface area (Å²) in [6, 6.07) is 22.9. The summed E-state index contributed by atoms with van der Waals surface area (Å²) < 4.78 is 10.4. The molecule has 4 aromatic rings. The summed E-state index contributed by atoms with van der Waals surface area (Å²) in [6.07, 6.45) is 0. The van der Waals surface area contributed by atoms with Crippen LogP contribution in [-0.4, -0.2) is 40.3 Å². The summed E-state index contributed by atoms with van der Waals surface area (Å²) >= 11 is 0. The zero-order chi connectivity index (χ0) is 22.5. The van der Waals surface area contributed by atoms with E-state index in [4.69, 9.17) is 9.47 Å². The third kappa shape index (κ3) is 4.34. The smallest absolute Gasteiger partial charge is 0.288 e. The van der Waals surface area contributed by atoms with E-state index in [9.17, 15) is 10.0 Å². The van der Waals surface area contributed by atoms with Crippen LogP contribution >= 0.6 is 0 Å². The van der Waals surface area contributed by atoms with Gasteiger partial charge in [-0.05, 0) is 60.7 Å². The highest BCUT2D eigenvalue weighted by atomic mass is 16.5.